The van der Waals surface area contributed by atoms with Crippen LogP contribution in [-0.2, 0) is 12.8 Å². The number of nitrogens with zero attached hydrogens (tertiary/aromatic N) is 2. The Hall–Kier alpha value is -3.75. The second-order valence-corrected chi connectivity index (χ2v) is 8.94. The lowest BCUT2D eigenvalue weighted by Crippen LogP contribution is -2.18. The van der Waals surface area contributed by atoms with Crippen molar-refractivity contribution in [3.05, 3.63) is 83.7 Å². The second-order valence-electron chi connectivity index (χ2n) is 8.94. The Balaban J connectivity index is 1.41. The van der Waals surface area contributed by atoms with Gasteiger partial charge in [0, 0.05) is 10.9 Å². The highest BCUT2D eigenvalue weighted by Gasteiger charge is 2.32. The van der Waals surface area contributed by atoms with Crippen LogP contribution >= 0.6 is 0 Å². The number of hydrogen-bond donors (Lipinski definition) is 0. The molecule has 1 heterocycles. The second kappa shape index (κ2) is 12.2. The number of aromatic nitrogens is 2. The average Bonchev–Trinajstić information content (AvgIpc) is 2.89. The van der Waals surface area contributed by atoms with Crippen LogP contribution in [-0.4, -0.2) is 22.9 Å². The topological polar surface area (TPSA) is 44.2 Å². The molecule has 0 atom stereocenters. The zero-order valence-electron chi connectivity index (χ0n) is 20.8. The zero-order chi connectivity index (χ0) is 27.1. The predicted molar refractivity (Wildman–Crippen MR) is 135 cm³/mol. The summed E-state index contributed by atoms with van der Waals surface area (Å²) in [6.07, 6.45) is 3.20. The van der Waals surface area contributed by atoms with E-state index in [1.807, 2.05) is 0 Å². The van der Waals surface area contributed by atoms with Gasteiger partial charge in [0.15, 0.2) is 23.1 Å². The van der Waals surface area contributed by atoms with Crippen molar-refractivity contribution >= 4 is 10.8 Å². The SMILES string of the molecule is CCCCCCOc1cnc(-c2ccc3c(F)c(CCc4ccc(OC(F)(F)F)c(F)c4)ccc3c2)nc1. The largest absolute Gasteiger partial charge is 0.573 e. The summed E-state index contributed by atoms with van der Waals surface area (Å²) < 4.78 is 75.5. The van der Waals surface area contributed by atoms with Gasteiger partial charge in [-0.2, -0.15) is 0 Å². The number of ether oxygens (including phenoxy) is 2. The Morgan fingerprint density at radius 1 is 0.842 bits per heavy atom. The van der Waals surface area contributed by atoms with Gasteiger partial charge in [-0.1, -0.05) is 56.5 Å². The maximum atomic E-state index is 15.2. The summed E-state index contributed by atoms with van der Waals surface area (Å²) in [7, 11) is 0. The lowest BCUT2D eigenvalue weighted by Gasteiger charge is -2.11. The van der Waals surface area contributed by atoms with Crippen molar-refractivity contribution in [2.45, 2.75) is 51.8 Å². The molecule has 0 N–H and O–H groups in total. The van der Waals surface area contributed by atoms with Crippen LogP contribution < -0.4 is 9.47 Å². The van der Waals surface area contributed by atoms with Crippen molar-refractivity contribution in [2.75, 3.05) is 6.61 Å². The summed E-state index contributed by atoms with van der Waals surface area (Å²) >= 11 is 0. The number of alkyl halides is 3. The van der Waals surface area contributed by atoms with Gasteiger partial charge in [-0.3, -0.25) is 0 Å². The highest BCUT2D eigenvalue weighted by Crippen LogP contribution is 2.29. The van der Waals surface area contributed by atoms with Crippen molar-refractivity contribution in [1.29, 1.82) is 0 Å². The van der Waals surface area contributed by atoms with Crippen molar-refractivity contribution in [3.8, 4) is 22.9 Å². The smallest absolute Gasteiger partial charge is 0.490 e. The van der Waals surface area contributed by atoms with Crippen LogP contribution in [0.15, 0.2) is 60.9 Å². The minimum absolute atomic E-state index is 0.241. The summed E-state index contributed by atoms with van der Waals surface area (Å²) in [5.41, 5.74) is 1.58. The van der Waals surface area contributed by atoms with Crippen LogP contribution in [0.5, 0.6) is 11.5 Å². The summed E-state index contributed by atoms with van der Waals surface area (Å²) in [5.74, 6) is -1.33. The lowest BCUT2D eigenvalue weighted by atomic mass is 9.99. The molecule has 0 aliphatic carbocycles. The number of benzene rings is 3. The molecule has 9 heteroatoms. The number of fused-ring (bicyclic) bond motifs is 1. The molecule has 0 unspecified atom stereocenters. The molecule has 38 heavy (non-hydrogen) atoms. The van der Waals surface area contributed by atoms with Gasteiger partial charge in [0.05, 0.1) is 19.0 Å². The molecule has 0 spiro atoms. The van der Waals surface area contributed by atoms with E-state index in [4.69, 9.17) is 4.74 Å². The van der Waals surface area contributed by atoms with E-state index in [0.29, 0.717) is 40.1 Å². The Morgan fingerprint density at radius 2 is 1.63 bits per heavy atom. The highest BCUT2D eigenvalue weighted by atomic mass is 19.4. The molecule has 0 radical (unpaired) electrons. The lowest BCUT2D eigenvalue weighted by molar-refractivity contribution is -0.275. The molecule has 0 fully saturated rings. The summed E-state index contributed by atoms with van der Waals surface area (Å²) in [6.45, 7) is 2.77. The number of aryl methyl sites for hydroxylation is 2. The number of unbranched alkanes of at least 4 members (excludes halogenated alkanes) is 3. The Bertz CT molecular complexity index is 1370. The quantitative estimate of drug-likeness (QED) is 0.145. The third-order valence-electron chi connectivity index (χ3n) is 6.09. The van der Waals surface area contributed by atoms with E-state index in [1.54, 1.807) is 42.7 Å². The number of halogens is 5. The first-order valence-corrected chi connectivity index (χ1v) is 12.4. The van der Waals surface area contributed by atoms with E-state index < -0.39 is 23.7 Å². The van der Waals surface area contributed by atoms with Crippen molar-refractivity contribution in [3.63, 3.8) is 0 Å². The van der Waals surface area contributed by atoms with Gasteiger partial charge in [0.2, 0.25) is 0 Å². The van der Waals surface area contributed by atoms with E-state index in [1.165, 1.54) is 12.5 Å². The molecule has 4 aromatic rings. The highest BCUT2D eigenvalue weighted by molar-refractivity contribution is 5.87. The third-order valence-corrected chi connectivity index (χ3v) is 6.09. The number of hydrogen-bond acceptors (Lipinski definition) is 4. The molecule has 3 aromatic carbocycles. The first-order chi connectivity index (χ1) is 18.2. The maximum absolute atomic E-state index is 15.2. The summed E-state index contributed by atoms with van der Waals surface area (Å²) in [6, 6.07) is 11.9. The molecule has 0 saturated heterocycles. The van der Waals surface area contributed by atoms with E-state index in [2.05, 4.69) is 21.6 Å². The van der Waals surface area contributed by atoms with Gasteiger partial charge in [-0.05, 0) is 54.0 Å². The fourth-order valence-electron chi connectivity index (χ4n) is 4.11. The minimum atomic E-state index is -4.98. The van der Waals surface area contributed by atoms with E-state index >= 15 is 4.39 Å². The van der Waals surface area contributed by atoms with E-state index in [0.717, 1.165) is 37.0 Å². The molecule has 4 rings (SSSR count). The predicted octanol–water partition coefficient (Wildman–Crippen LogP) is 8.22. The Kier molecular flexibility index (Phi) is 8.76. The van der Waals surface area contributed by atoms with Gasteiger partial charge in [-0.15, -0.1) is 13.2 Å². The van der Waals surface area contributed by atoms with Crippen LogP contribution in [0.4, 0.5) is 22.0 Å². The van der Waals surface area contributed by atoms with E-state index in [9.17, 15) is 17.6 Å². The van der Waals surface area contributed by atoms with Crippen molar-refractivity contribution < 1.29 is 31.4 Å². The third kappa shape index (κ3) is 7.18. The average molecular weight is 531 g/mol. The molecular formula is C29H27F5N2O2. The first-order valence-electron chi connectivity index (χ1n) is 12.4. The monoisotopic (exact) mass is 530 g/mol. The Morgan fingerprint density at radius 3 is 2.34 bits per heavy atom. The van der Waals surface area contributed by atoms with Gasteiger partial charge in [0.25, 0.3) is 0 Å². The maximum Gasteiger partial charge on any atom is 0.573 e. The van der Waals surface area contributed by atoms with Crippen LogP contribution in [0.3, 0.4) is 0 Å². The molecule has 0 amide bonds. The number of rotatable bonds is 11. The van der Waals surface area contributed by atoms with Crippen LogP contribution in [0, 0.1) is 11.6 Å². The van der Waals surface area contributed by atoms with Gasteiger partial charge in [0.1, 0.15) is 5.82 Å². The molecule has 0 saturated carbocycles. The molecule has 1 aromatic heterocycles. The normalized spacial score (nSPS) is 11.6. The van der Waals surface area contributed by atoms with Crippen LogP contribution in [0.1, 0.15) is 43.7 Å². The molecule has 4 nitrogen and oxygen atoms in total. The van der Waals surface area contributed by atoms with Gasteiger partial charge in [-0.25, -0.2) is 18.7 Å². The minimum Gasteiger partial charge on any atom is -0.490 e. The first kappa shape index (κ1) is 27.3. The molecule has 0 aliphatic rings. The van der Waals surface area contributed by atoms with Crippen molar-refractivity contribution in [2.24, 2.45) is 0 Å². The van der Waals surface area contributed by atoms with Crippen molar-refractivity contribution in [1.82, 2.24) is 9.97 Å². The zero-order valence-corrected chi connectivity index (χ0v) is 20.8. The molecule has 0 aliphatic heterocycles. The fourth-order valence-corrected chi connectivity index (χ4v) is 4.11. The standard InChI is InChI=1S/C29H27F5N2O2/c1-2-3-4-5-14-37-23-17-35-28(36-18-23)22-11-12-24-21(16-22)10-9-20(27(24)31)8-6-19-7-13-26(25(30)15-19)38-29(32,33)34/h7,9-13,15-18H,2-6,8,14H2,1H3. The summed E-state index contributed by atoms with van der Waals surface area (Å²) in [5, 5.41) is 1.08. The van der Waals surface area contributed by atoms with Crippen LogP contribution in [0.2, 0.25) is 0 Å². The van der Waals surface area contributed by atoms with E-state index in [-0.39, 0.29) is 12.8 Å². The fraction of sp³-hybridized carbons (Fsp3) is 0.310. The Labute approximate surface area is 217 Å². The molecular weight excluding hydrogens is 503 g/mol. The molecule has 200 valence electrons. The van der Waals surface area contributed by atoms with Crippen LogP contribution in [0.25, 0.3) is 22.2 Å². The van der Waals surface area contributed by atoms with Gasteiger partial charge < -0.3 is 9.47 Å². The van der Waals surface area contributed by atoms with Gasteiger partial charge >= 0.3 is 6.36 Å². The summed E-state index contributed by atoms with van der Waals surface area (Å²) in [4.78, 5) is 8.75. The molecule has 0 bridgehead atoms.